The minimum absolute atomic E-state index is 0.523. The molecule has 106 valence electrons. The number of hydrogen-bond acceptors (Lipinski definition) is 4. The second kappa shape index (κ2) is 7.91. The van der Waals surface area contributed by atoms with Crippen molar-refractivity contribution in [3.05, 3.63) is 0 Å². The van der Waals surface area contributed by atoms with Gasteiger partial charge in [0.05, 0.1) is 19.6 Å². The minimum Gasteiger partial charge on any atom is -0.743 e. The largest absolute Gasteiger partial charge is 0.743 e. The van der Waals surface area contributed by atoms with Gasteiger partial charge >= 0.3 is 5.25 Å². The molecule has 0 rings (SSSR count). The van der Waals surface area contributed by atoms with Crippen molar-refractivity contribution < 1.29 is 31.8 Å². The number of aliphatic hydroxyl groups is 1. The van der Waals surface area contributed by atoms with Crippen LogP contribution in [0.15, 0.2) is 0 Å². The Kier molecular flexibility index (Phi) is 8.86. The Morgan fingerprint density at radius 3 is 1.53 bits per heavy atom. The Balaban J connectivity index is 0. The van der Waals surface area contributed by atoms with Crippen LogP contribution in [0.25, 0.3) is 0 Å². The first-order chi connectivity index (χ1) is 7.54. The summed E-state index contributed by atoms with van der Waals surface area (Å²) in [5.41, 5.74) is 0. The first-order valence-electron chi connectivity index (χ1n) is 5.39. The topological polar surface area (TPSA) is 81.9 Å². The van der Waals surface area contributed by atoms with Crippen LogP contribution in [0.3, 0.4) is 0 Å². The Hall–Kier alpha value is -0.310. The number of alkyl halides is 2. The smallest absolute Gasteiger partial charge is 0.359 e. The molecular weight excluding hydrogens is 256 g/mol. The molecule has 0 spiro atoms. The van der Waals surface area contributed by atoms with Crippen LogP contribution in [0, 0.1) is 0 Å². The summed E-state index contributed by atoms with van der Waals surface area (Å²) in [5.74, 6) is 0. The lowest BCUT2D eigenvalue weighted by molar-refractivity contribution is -0.894. The third-order valence-electron chi connectivity index (χ3n) is 2.32. The van der Waals surface area contributed by atoms with Gasteiger partial charge in [-0.3, -0.25) is 0 Å². The monoisotopic (exact) mass is 277 g/mol. The molecule has 0 aliphatic heterocycles. The zero-order valence-electron chi connectivity index (χ0n) is 10.5. The van der Waals surface area contributed by atoms with Gasteiger partial charge in [0.2, 0.25) is 0 Å². The van der Waals surface area contributed by atoms with E-state index < -0.39 is 21.5 Å². The molecule has 5 nitrogen and oxygen atoms in total. The molecule has 17 heavy (non-hydrogen) atoms. The molecule has 0 bridgehead atoms. The van der Waals surface area contributed by atoms with Gasteiger partial charge in [0.15, 0.2) is 10.1 Å². The number of hydrogen-bond donors (Lipinski definition) is 2. The van der Waals surface area contributed by atoms with Gasteiger partial charge in [-0.15, -0.1) is 0 Å². The van der Waals surface area contributed by atoms with Gasteiger partial charge in [-0.05, 0) is 27.7 Å². The maximum absolute atomic E-state index is 11.9. The van der Waals surface area contributed by atoms with Crippen molar-refractivity contribution in [2.24, 2.45) is 0 Å². The van der Waals surface area contributed by atoms with Crippen molar-refractivity contribution in [3.8, 4) is 0 Å². The summed E-state index contributed by atoms with van der Waals surface area (Å²) in [4.78, 5) is 1.68. The number of nitrogens with one attached hydrogen (secondary N) is 1. The molecule has 1 atom stereocenters. The zero-order valence-corrected chi connectivity index (χ0v) is 11.4. The van der Waals surface area contributed by atoms with E-state index in [1.165, 1.54) is 19.6 Å². The highest BCUT2D eigenvalue weighted by Crippen LogP contribution is 2.23. The van der Waals surface area contributed by atoms with E-state index in [-0.39, 0.29) is 0 Å². The van der Waals surface area contributed by atoms with E-state index in [2.05, 4.69) is 20.8 Å². The molecule has 2 N–H and O–H groups in total. The van der Waals surface area contributed by atoms with Crippen molar-refractivity contribution in [2.75, 3.05) is 19.6 Å². The Labute approximate surface area is 101 Å². The normalized spacial score (nSPS) is 14.2. The van der Waals surface area contributed by atoms with Gasteiger partial charge in [-0.2, -0.15) is 8.78 Å². The summed E-state index contributed by atoms with van der Waals surface area (Å²) >= 11 is 0. The highest BCUT2D eigenvalue weighted by molar-refractivity contribution is 7.86. The number of aliphatic hydroxyl groups excluding tert-OH is 1. The third-order valence-corrected chi connectivity index (χ3v) is 3.33. The molecule has 0 aliphatic carbocycles. The summed E-state index contributed by atoms with van der Waals surface area (Å²) in [6.45, 7) is 11.0. The molecule has 0 saturated carbocycles. The van der Waals surface area contributed by atoms with Crippen LogP contribution >= 0.6 is 0 Å². The number of quaternary nitrogens is 1. The average molecular weight is 277 g/mol. The maximum atomic E-state index is 11.9. The van der Waals surface area contributed by atoms with E-state index in [4.69, 9.17) is 5.11 Å². The second-order valence-corrected chi connectivity index (χ2v) is 4.96. The first-order valence-corrected chi connectivity index (χ1v) is 6.80. The number of rotatable bonds is 5. The van der Waals surface area contributed by atoms with E-state index in [0.717, 1.165) is 0 Å². The second-order valence-electron chi connectivity index (χ2n) is 3.50. The molecular formula is C9H21F2NO4S. The van der Waals surface area contributed by atoms with Crippen LogP contribution in [-0.2, 0) is 10.1 Å². The fraction of sp³-hybridized carbons (Fsp3) is 1.00. The van der Waals surface area contributed by atoms with Crippen molar-refractivity contribution in [1.82, 2.24) is 0 Å². The summed E-state index contributed by atoms with van der Waals surface area (Å²) in [7, 11) is -5.73. The van der Waals surface area contributed by atoms with Crippen LogP contribution < -0.4 is 4.90 Å². The molecule has 0 saturated heterocycles. The molecule has 0 amide bonds. The number of halogens is 2. The molecule has 0 aliphatic rings. The molecule has 0 aromatic carbocycles. The summed E-state index contributed by atoms with van der Waals surface area (Å²) in [6, 6.07) is 0. The lowest BCUT2D eigenvalue weighted by atomic mass is 10.4. The fourth-order valence-electron chi connectivity index (χ4n) is 0.959. The van der Waals surface area contributed by atoms with E-state index in [0.29, 0.717) is 6.92 Å². The van der Waals surface area contributed by atoms with Gasteiger partial charge in [-0.25, -0.2) is 8.42 Å². The lowest BCUT2D eigenvalue weighted by Gasteiger charge is -2.21. The first kappa shape index (κ1) is 19.0. The average Bonchev–Trinajstić information content (AvgIpc) is 2.19. The minimum atomic E-state index is -5.73. The van der Waals surface area contributed by atoms with E-state index >= 15 is 0 Å². The van der Waals surface area contributed by atoms with Crippen LogP contribution in [0.1, 0.15) is 27.7 Å². The molecule has 1 unspecified atom stereocenters. The zero-order chi connectivity index (χ0) is 14.3. The summed E-state index contributed by atoms with van der Waals surface area (Å²) < 4.78 is 52.7. The summed E-state index contributed by atoms with van der Waals surface area (Å²) in [6.07, 6.45) is -2.48. The predicted octanol–water partition coefficient (Wildman–Crippen LogP) is -0.564. The van der Waals surface area contributed by atoms with Crippen LogP contribution in [-0.4, -0.2) is 49.1 Å². The van der Waals surface area contributed by atoms with E-state index in [1.807, 2.05) is 0 Å². The fourth-order valence-corrected chi connectivity index (χ4v) is 1.38. The van der Waals surface area contributed by atoms with Crippen LogP contribution in [0.5, 0.6) is 0 Å². The van der Waals surface area contributed by atoms with Crippen LogP contribution in [0.4, 0.5) is 8.78 Å². The quantitative estimate of drug-likeness (QED) is 0.660. The van der Waals surface area contributed by atoms with Gasteiger partial charge in [0.1, 0.15) is 6.10 Å². The van der Waals surface area contributed by atoms with E-state index in [9.17, 15) is 21.8 Å². The van der Waals surface area contributed by atoms with Crippen LogP contribution in [0.2, 0.25) is 0 Å². The molecule has 0 radical (unpaired) electrons. The van der Waals surface area contributed by atoms with Gasteiger partial charge in [0, 0.05) is 0 Å². The Morgan fingerprint density at radius 2 is 1.53 bits per heavy atom. The van der Waals surface area contributed by atoms with Crippen molar-refractivity contribution in [2.45, 2.75) is 39.1 Å². The predicted molar refractivity (Wildman–Crippen MR) is 58.9 cm³/mol. The summed E-state index contributed by atoms with van der Waals surface area (Å²) in [5, 5.41) is 3.50. The van der Waals surface area contributed by atoms with Gasteiger partial charge < -0.3 is 14.6 Å². The van der Waals surface area contributed by atoms with Crippen molar-refractivity contribution >= 4 is 10.1 Å². The van der Waals surface area contributed by atoms with Crippen molar-refractivity contribution in [3.63, 3.8) is 0 Å². The Morgan fingerprint density at radius 1 is 1.24 bits per heavy atom. The molecule has 0 heterocycles. The highest BCUT2D eigenvalue weighted by Gasteiger charge is 2.42. The molecule has 0 aromatic rings. The van der Waals surface area contributed by atoms with Gasteiger partial charge in [-0.1, -0.05) is 0 Å². The standard InChI is InChI=1S/C6H15N.C3H6F2O4S/c1-4-7(5-2)6-3;1-2(6)3(4,5)10(7,8)9/h4-6H2,1-3H3;2,6H,1H3,(H,7,8,9). The van der Waals surface area contributed by atoms with Gasteiger partial charge in [0.25, 0.3) is 0 Å². The maximum Gasteiger partial charge on any atom is 0.359 e. The lowest BCUT2D eigenvalue weighted by Crippen LogP contribution is -3.11. The molecule has 0 aromatic heterocycles. The van der Waals surface area contributed by atoms with Crippen molar-refractivity contribution in [1.29, 1.82) is 0 Å². The Bertz CT molecular complexity index is 284. The molecule has 0 fully saturated rings. The highest BCUT2D eigenvalue weighted by atomic mass is 32.2. The SMILES string of the molecule is CC(O)C(F)(F)S(=O)(=O)[O-].CC[NH+](CC)CC. The third kappa shape index (κ3) is 6.87. The molecule has 8 heteroatoms. The van der Waals surface area contributed by atoms with E-state index in [1.54, 1.807) is 4.90 Å².